The van der Waals surface area contributed by atoms with E-state index in [-0.39, 0.29) is 12.3 Å². The van der Waals surface area contributed by atoms with Crippen molar-refractivity contribution in [3.63, 3.8) is 0 Å². The van der Waals surface area contributed by atoms with Gasteiger partial charge >= 0.3 is 5.97 Å². The molecule has 0 unspecified atom stereocenters. The minimum Gasteiger partial charge on any atom is -0.465 e. The summed E-state index contributed by atoms with van der Waals surface area (Å²) in [5.74, 6) is -0.171. The normalized spacial score (nSPS) is 10.6. The van der Waals surface area contributed by atoms with E-state index in [9.17, 15) is 9.59 Å². The molecule has 6 nitrogen and oxygen atoms in total. The Hall–Kier alpha value is -2.80. The number of para-hydroxylation sites is 3. The Morgan fingerprint density at radius 3 is 2.72 bits per heavy atom. The second-order valence-electron chi connectivity index (χ2n) is 5.13. The molecule has 1 aromatic heterocycles. The molecule has 0 saturated carbocycles. The first-order valence-corrected chi connectivity index (χ1v) is 8.61. The number of rotatable bonds is 6. The zero-order chi connectivity index (χ0) is 17.6. The van der Waals surface area contributed by atoms with Crippen LogP contribution in [0.25, 0.3) is 11.1 Å². The van der Waals surface area contributed by atoms with Crippen molar-refractivity contribution >= 4 is 40.4 Å². The minimum atomic E-state index is -0.489. The van der Waals surface area contributed by atoms with Crippen LogP contribution in [-0.4, -0.2) is 29.7 Å². The summed E-state index contributed by atoms with van der Waals surface area (Å²) in [6.07, 6.45) is 0.263. The zero-order valence-electron chi connectivity index (χ0n) is 13.5. The maximum Gasteiger partial charge on any atom is 0.339 e. The maximum atomic E-state index is 12.1. The summed E-state index contributed by atoms with van der Waals surface area (Å²) in [5.41, 5.74) is 2.28. The van der Waals surface area contributed by atoms with E-state index in [4.69, 9.17) is 9.15 Å². The number of esters is 1. The number of hydrogen-bond donors (Lipinski definition) is 1. The fraction of sp³-hybridized carbons (Fsp3) is 0.167. The zero-order valence-corrected chi connectivity index (χ0v) is 14.3. The predicted octanol–water partition coefficient (Wildman–Crippen LogP) is 3.74. The number of amides is 1. The van der Waals surface area contributed by atoms with Gasteiger partial charge in [-0.3, -0.25) is 4.79 Å². The molecule has 3 aromatic rings. The number of nitrogens with one attached hydrogen (secondary N) is 1. The average Bonchev–Trinajstić information content (AvgIpc) is 3.04. The van der Waals surface area contributed by atoms with Crippen LogP contribution in [0.5, 0.6) is 0 Å². The Labute approximate surface area is 148 Å². The van der Waals surface area contributed by atoms with Gasteiger partial charge in [-0.2, -0.15) is 0 Å². The van der Waals surface area contributed by atoms with Crippen LogP contribution in [0.15, 0.2) is 58.2 Å². The third kappa shape index (κ3) is 4.19. The van der Waals surface area contributed by atoms with Crippen LogP contribution in [0, 0.1) is 0 Å². The van der Waals surface area contributed by atoms with Crippen LogP contribution >= 0.6 is 11.8 Å². The van der Waals surface area contributed by atoms with Gasteiger partial charge in [0.25, 0.3) is 5.22 Å². The van der Waals surface area contributed by atoms with Gasteiger partial charge in [-0.1, -0.05) is 36.0 Å². The number of carbonyl (C=O) groups is 2. The number of aromatic nitrogens is 1. The summed E-state index contributed by atoms with van der Waals surface area (Å²) < 4.78 is 10.3. The van der Waals surface area contributed by atoms with E-state index in [1.165, 1.54) is 18.9 Å². The number of hydrogen-bond acceptors (Lipinski definition) is 6. The molecule has 0 bridgehead atoms. The number of benzene rings is 2. The topological polar surface area (TPSA) is 81.4 Å². The fourth-order valence-corrected chi connectivity index (χ4v) is 3.01. The monoisotopic (exact) mass is 356 g/mol. The molecule has 0 aliphatic carbocycles. The van der Waals surface area contributed by atoms with Gasteiger partial charge < -0.3 is 14.5 Å². The quantitative estimate of drug-likeness (QED) is 0.535. The van der Waals surface area contributed by atoms with E-state index in [0.717, 1.165) is 11.1 Å². The molecule has 0 aliphatic heterocycles. The van der Waals surface area contributed by atoms with Crippen LogP contribution in [0.2, 0.25) is 0 Å². The lowest BCUT2D eigenvalue weighted by Crippen LogP contribution is -2.15. The predicted molar refractivity (Wildman–Crippen MR) is 95.8 cm³/mol. The van der Waals surface area contributed by atoms with Gasteiger partial charge in [0, 0.05) is 12.2 Å². The molecule has 0 fully saturated rings. The van der Waals surface area contributed by atoms with Crippen molar-refractivity contribution in [3.05, 3.63) is 54.1 Å². The number of oxazole rings is 1. The van der Waals surface area contributed by atoms with Gasteiger partial charge in [0.15, 0.2) is 5.58 Å². The van der Waals surface area contributed by atoms with Crippen molar-refractivity contribution in [2.75, 3.05) is 18.2 Å². The highest BCUT2D eigenvalue weighted by Gasteiger charge is 2.13. The molecule has 3 rings (SSSR count). The molecule has 25 heavy (non-hydrogen) atoms. The lowest BCUT2D eigenvalue weighted by Gasteiger charge is -2.09. The molecule has 0 aliphatic rings. The van der Waals surface area contributed by atoms with Crippen molar-refractivity contribution in [1.29, 1.82) is 0 Å². The number of anilines is 1. The number of thioether (sulfide) groups is 1. The fourth-order valence-electron chi connectivity index (χ4n) is 2.24. The molecule has 128 valence electrons. The van der Waals surface area contributed by atoms with Gasteiger partial charge in [-0.25, -0.2) is 9.78 Å². The Morgan fingerprint density at radius 2 is 1.92 bits per heavy atom. The molecule has 0 saturated heterocycles. The number of nitrogens with zero attached hydrogens (tertiary/aromatic N) is 1. The van der Waals surface area contributed by atoms with E-state index in [1.54, 1.807) is 24.3 Å². The smallest absolute Gasteiger partial charge is 0.339 e. The highest BCUT2D eigenvalue weighted by Crippen LogP contribution is 2.24. The first kappa shape index (κ1) is 17.0. The molecule has 1 N–H and O–H groups in total. The standard InChI is InChI=1S/C18H16N2O4S/c1-23-17(22)12-6-2-3-7-13(12)19-16(21)10-11-25-18-20-14-8-4-5-9-15(14)24-18/h2-9H,10-11H2,1H3,(H,19,21). The second kappa shape index (κ2) is 7.85. The molecule has 1 amide bonds. The van der Waals surface area contributed by atoms with Crippen LogP contribution in [0.4, 0.5) is 5.69 Å². The van der Waals surface area contributed by atoms with Gasteiger partial charge in [0.2, 0.25) is 5.91 Å². The van der Waals surface area contributed by atoms with E-state index >= 15 is 0 Å². The summed E-state index contributed by atoms with van der Waals surface area (Å²) in [4.78, 5) is 28.2. The van der Waals surface area contributed by atoms with Gasteiger partial charge in [0.1, 0.15) is 5.52 Å². The highest BCUT2D eigenvalue weighted by molar-refractivity contribution is 7.99. The van der Waals surface area contributed by atoms with Crippen molar-refractivity contribution in [1.82, 2.24) is 4.98 Å². The van der Waals surface area contributed by atoms with E-state index in [2.05, 4.69) is 10.3 Å². The van der Waals surface area contributed by atoms with Crippen molar-refractivity contribution in [2.45, 2.75) is 11.6 Å². The van der Waals surface area contributed by atoms with Gasteiger partial charge in [0.05, 0.1) is 18.4 Å². The summed E-state index contributed by atoms with van der Waals surface area (Å²) in [6, 6.07) is 14.2. The van der Waals surface area contributed by atoms with Crippen molar-refractivity contribution in [2.24, 2.45) is 0 Å². The number of ether oxygens (including phenoxy) is 1. The van der Waals surface area contributed by atoms with Gasteiger partial charge in [-0.15, -0.1) is 0 Å². The summed E-state index contributed by atoms with van der Waals surface area (Å²) >= 11 is 1.37. The first-order valence-electron chi connectivity index (χ1n) is 7.63. The SMILES string of the molecule is COC(=O)c1ccccc1NC(=O)CCSc1nc2ccccc2o1. The molecule has 0 atom stereocenters. The van der Waals surface area contributed by atoms with E-state index in [0.29, 0.717) is 22.2 Å². The van der Waals surface area contributed by atoms with Crippen LogP contribution < -0.4 is 5.32 Å². The van der Waals surface area contributed by atoms with Crippen molar-refractivity contribution < 1.29 is 18.7 Å². The Kier molecular flexibility index (Phi) is 5.35. The minimum absolute atomic E-state index is 0.194. The molecule has 2 aromatic carbocycles. The summed E-state index contributed by atoms with van der Waals surface area (Å²) in [5, 5.41) is 3.27. The molecular weight excluding hydrogens is 340 g/mol. The van der Waals surface area contributed by atoms with Crippen LogP contribution in [-0.2, 0) is 9.53 Å². The molecular formula is C18H16N2O4S. The summed E-state index contributed by atoms with van der Waals surface area (Å²) in [6.45, 7) is 0. The van der Waals surface area contributed by atoms with Crippen LogP contribution in [0.1, 0.15) is 16.8 Å². The van der Waals surface area contributed by atoms with Crippen LogP contribution in [0.3, 0.4) is 0 Å². The molecule has 1 heterocycles. The van der Waals surface area contributed by atoms with E-state index in [1.807, 2.05) is 24.3 Å². The van der Waals surface area contributed by atoms with Gasteiger partial charge in [-0.05, 0) is 24.3 Å². The second-order valence-corrected chi connectivity index (χ2v) is 6.18. The number of methoxy groups -OCH3 is 1. The third-order valence-electron chi connectivity index (χ3n) is 3.44. The Morgan fingerprint density at radius 1 is 1.16 bits per heavy atom. The Bertz CT molecular complexity index is 874. The summed E-state index contributed by atoms with van der Waals surface area (Å²) in [7, 11) is 1.30. The highest BCUT2D eigenvalue weighted by atomic mass is 32.2. The lowest BCUT2D eigenvalue weighted by atomic mass is 10.2. The van der Waals surface area contributed by atoms with Crippen molar-refractivity contribution in [3.8, 4) is 0 Å². The molecule has 0 spiro atoms. The lowest BCUT2D eigenvalue weighted by molar-refractivity contribution is -0.115. The third-order valence-corrected chi connectivity index (χ3v) is 4.27. The molecule has 0 radical (unpaired) electrons. The molecule has 7 heteroatoms. The Balaban J connectivity index is 1.56. The first-order chi connectivity index (χ1) is 12.2. The number of carbonyl (C=O) groups excluding carboxylic acids is 2. The largest absolute Gasteiger partial charge is 0.465 e. The van der Waals surface area contributed by atoms with E-state index < -0.39 is 5.97 Å². The average molecular weight is 356 g/mol. The maximum absolute atomic E-state index is 12.1. The number of fused-ring (bicyclic) bond motifs is 1.